The predicted octanol–water partition coefficient (Wildman–Crippen LogP) is 8.61. The van der Waals surface area contributed by atoms with Crippen LogP contribution in [-0.2, 0) is 0 Å². The highest BCUT2D eigenvalue weighted by atomic mass is 14.7. The van der Waals surface area contributed by atoms with Gasteiger partial charge in [0.15, 0.2) is 0 Å². The molecule has 3 rings (SSSR count). The third-order valence-electron chi connectivity index (χ3n) is 10.4. The zero-order chi connectivity index (χ0) is 21.6. The van der Waals surface area contributed by atoms with Crippen LogP contribution >= 0.6 is 0 Å². The van der Waals surface area contributed by atoms with Gasteiger partial charge in [0.1, 0.15) is 0 Å². The van der Waals surface area contributed by atoms with E-state index in [1.807, 2.05) is 0 Å². The summed E-state index contributed by atoms with van der Waals surface area (Å²) in [4.78, 5) is 0. The largest absolute Gasteiger partial charge is 0.330 e. The van der Waals surface area contributed by atoms with E-state index in [-0.39, 0.29) is 0 Å². The van der Waals surface area contributed by atoms with E-state index in [0.29, 0.717) is 5.41 Å². The van der Waals surface area contributed by atoms with E-state index in [0.717, 1.165) is 48.0 Å². The number of nitrogens with two attached hydrogens (primary N) is 1. The fraction of sp³-hybridized carbons (Fsp3) is 1.00. The minimum atomic E-state index is 0.623. The summed E-state index contributed by atoms with van der Waals surface area (Å²) in [6, 6.07) is 0. The van der Waals surface area contributed by atoms with Gasteiger partial charge in [-0.1, -0.05) is 85.5 Å². The average molecular weight is 418 g/mol. The van der Waals surface area contributed by atoms with Gasteiger partial charge in [0, 0.05) is 0 Å². The topological polar surface area (TPSA) is 26.0 Å². The molecule has 0 saturated heterocycles. The van der Waals surface area contributed by atoms with Gasteiger partial charge in [-0.05, 0) is 98.3 Å². The molecule has 1 heteroatoms. The second-order valence-corrected chi connectivity index (χ2v) is 11.9. The first-order valence-electron chi connectivity index (χ1n) is 14.3. The lowest BCUT2D eigenvalue weighted by molar-refractivity contribution is -0.148. The number of hydrogen-bond donors (Lipinski definition) is 1. The highest BCUT2D eigenvalue weighted by Crippen LogP contribution is 2.66. The lowest BCUT2D eigenvalue weighted by Gasteiger charge is -2.64. The Balaban J connectivity index is 1.98. The lowest BCUT2D eigenvalue weighted by Crippen LogP contribution is -2.57. The van der Waals surface area contributed by atoms with Gasteiger partial charge in [-0.2, -0.15) is 0 Å². The Kier molecular flexibility index (Phi) is 9.61. The number of fused-ring (bicyclic) bond motifs is 2. The van der Waals surface area contributed by atoms with Crippen molar-refractivity contribution in [3.63, 3.8) is 0 Å². The molecule has 0 aromatic carbocycles. The van der Waals surface area contributed by atoms with Crippen LogP contribution in [0.4, 0.5) is 0 Å². The van der Waals surface area contributed by atoms with Crippen LogP contribution in [-0.4, -0.2) is 6.54 Å². The highest BCUT2D eigenvalue weighted by Gasteiger charge is 2.58. The molecule has 0 amide bonds. The van der Waals surface area contributed by atoms with Crippen LogP contribution in [0.1, 0.15) is 130 Å². The van der Waals surface area contributed by atoms with Crippen molar-refractivity contribution in [3.8, 4) is 0 Å². The Bertz CT molecular complexity index is 487. The minimum Gasteiger partial charge on any atom is -0.330 e. The van der Waals surface area contributed by atoms with Crippen molar-refractivity contribution < 1.29 is 0 Å². The van der Waals surface area contributed by atoms with Crippen molar-refractivity contribution in [2.75, 3.05) is 6.54 Å². The first-order chi connectivity index (χ1) is 14.6. The molecule has 0 radical (unpaired) electrons. The van der Waals surface area contributed by atoms with E-state index in [2.05, 4.69) is 27.7 Å². The van der Waals surface area contributed by atoms with Crippen molar-refractivity contribution in [2.45, 2.75) is 130 Å². The van der Waals surface area contributed by atoms with E-state index >= 15 is 0 Å². The van der Waals surface area contributed by atoms with Crippen molar-refractivity contribution in [1.29, 1.82) is 0 Å². The molecule has 0 heterocycles. The summed E-state index contributed by atoms with van der Waals surface area (Å²) in [6.07, 6.45) is 23.5. The van der Waals surface area contributed by atoms with Gasteiger partial charge >= 0.3 is 0 Å². The van der Waals surface area contributed by atoms with Gasteiger partial charge < -0.3 is 5.73 Å². The Morgan fingerprint density at radius 2 is 1.63 bits per heavy atom. The van der Waals surface area contributed by atoms with Gasteiger partial charge in [-0.15, -0.1) is 0 Å². The summed E-state index contributed by atoms with van der Waals surface area (Å²) < 4.78 is 0. The van der Waals surface area contributed by atoms with Crippen molar-refractivity contribution in [3.05, 3.63) is 0 Å². The maximum Gasteiger partial charge on any atom is -0.00461 e. The van der Waals surface area contributed by atoms with Gasteiger partial charge in [0.2, 0.25) is 0 Å². The van der Waals surface area contributed by atoms with Crippen molar-refractivity contribution >= 4 is 0 Å². The Morgan fingerprint density at radius 1 is 0.867 bits per heavy atom. The number of hydrogen-bond acceptors (Lipinski definition) is 1. The van der Waals surface area contributed by atoms with Gasteiger partial charge in [-0.3, -0.25) is 0 Å². The molecular formula is C29H55N. The maximum atomic E-state index is 6.40. The molecule has 0 aromatic rings. The van der Waals surface area contributed by atoms with Gasteiger partial charge in [0.25, 0.3) is 0 Å². The summed E-state index contributed by atoms with van der Waals surface area (Å²) in [5, 5.41) is 0. The van der Waals surface area contributed by atoms with Crippen LogP contribution in [0.2, 0.25) is 0 Å². The normalized spacial score (nSPS) is 38.5. The van der Waals surface area contributed by atoms with E-state index in [4.69, 9.17) is 5.73 Å². The summed E-state index contributed by atoms with van der Waals surface area (Å²) in [5.74, 6) is 6.65. The summed E-state index contributed by atoms with van der Waals surface area (Å²) in [5.41, 5.74) is 7.03. The molecule has 3 saturated carbocycles. The standard InChI is InChI=1S/C29H55N/c1-5-8-9-16-25(19-22(4)13-6-2)29(7-3)27-17-11-10-14-23(27)20-26-24(21-30)15-12-18-28(26)29/h22-28H,5-21,30H2,1-4H3. The molecule has 0 aromatic heterocycles. The van der Waals surface area contributed by atoms with Crippen LogP contribution in [0.25, 0.3) is 0 Å². The molecule has 30 heavy (non-hydrogen) atoms. The molecule has 1 nitrogen and oxygen atoms in total. The zero-order valence-corrected chi connectivity index (χ0v) is 21.1. The van der Waals surface area contributed by atoms with Gasteiger partial charge in [0.05, 0.1) is 0 Å². The SMILES string of the molecule is CCCCCC(CC(C)CCC)C1(CC)C2CCCCC2CC2C(CN)CCCC21. The smallest absolute Gasteiger partial charge is 0.00461 e. The molecular weight excluding hydrogens is 362 g/mol. The molecule has 0 aliphatic heterocycles. The van der Waals surface area contributed by atoms with Gasteiger partial charge in [-0.25, -0.2) is 0 Å². The van der Waals surface area contributed by atoms with Crippen molar-refractivity contribution in [1.82, 2.24) is 0 Å². The van der Waals surface area contributed by atoms with E-state index in [1.54, 1.807) is 6.42 Å². The van der Waals surface area contributed by atoms with E-state index < -0.39 is 0 Å². The first-order valence-corrected chi connectivity index (χ1v) is 14.3. The Labute approximate surface area is 189 Å². The Morgan fingerprint density at radius 3 is 2.33 bits per heavy atom. The lowest BCUT2D eigenvalue weighted by atomic mass is 9.41. The quantitative estimate of drug-likeness (QED) is 0.334. The van der Waals surface area contributed by atoms with Crippen molar-refractivity contribution in [2.24, 2.45) is 52.6 Å². The first kappa shape index (κ1) is 24.6. The van der Waals surface area contributed by atoms with E-state index in [1.165, 1.54) is 96.3 Å². The monoisotopic (exact) mass is 417 g/mol. The van der Waals surface area contributed by atoms with Crippen LogP contribution in [0.15, 0.2) is 0 Å². The van der Waals surface area contributed by atoms with E-state index in [9.17, 15) is 0 Å². The fourth-order valence-corrected chi connectivity index (χ4v) is 9.26. The second-order valence-electron chi connectivity index (χ2n) is 11.9. The molecule has 3 fully saturated rings. The van der Waals surface area contributed by atoms with Crippen LogP contribution < -0.4 is 5.73 Å². The molecule has 8 atom stereocenters. The minimum absolute atomic E-state index is 0.623. The third kappa shape index (κ3) is 4.97. The third-order valence-corrected chi connectivity index (χ3v) is 10.4. The highest BCUT2D eigenvalue weighted by molar-refractivity contribution is 5.07. The van der Waals surface area contributed by atoms with Crippen LogP contribution in [0.3, 0.4) is 0 Å². The Hall–Kier alpha value is -0.0400. The summed E-state index contributed by atoms with van der Waals surface area (Å²) >= 11 is 0. The molecule has 8 unspecified atom stereocenters. The molecule has 2 N–H and O–H groups in total. The summed E-state index contributed by atoms with van der Waals surface area (Å²) in [6.45, 7) is 10.9. The summed E-state index contributed by atoms with van der Waals surface area (Å²) in [7, 11) is 0. The molecule has 0 bridgehead atoms. The average Bonchev–Trinajstić information content (AvgIpc) is 2.77. The van der Waals surface area contributed by atoms with Crippen LogP contribution in [0.5, 0.6) is 0 Å². The molecule has 176 valence electrons. The second kappa shape index (κ2) is 11.7. The molecule has 3 aliphatic rings. The maximum absolute atomic E-state index is 6.40. The number of rotatable bonds is 11. The predicted molar refractivity (Wildman–Crippen MR) is 132 cm³/mol. The number of unbranched alkanes of at least 4 members (excludes halogenated alkanes) is 2. The fourth-order valence-electron chi connectivity index (χ4n) is 9.26. The van der Waals surface area contributed by atoms with Crippen LogP contribution in [0, 0.1) is 46.8 Å². The molecule has 3 aliphatic carbocycles. The zero-order valence-electron chi connectivity index (χ0n) is 21.1. The molecule has 0 spiro atoms.